The van der Waals surface area contributed by atoms with E-state index < -0.39 is 12.1 Å². The number of hydrogen-bond donors (Lipinski definition) is 0. The summed E-state index contributed by atoms with van der Waals surface area (Å²) in [6.45, 7) is 3.56. The minimum Gasteiger partial charge on any atom is -0.466 e. The second-order valence-electron chi connectivity index (χ2n) is 4.13. The average molecular weight is 332 g/mol. The number of hydrogen-bond acceptors (Lipinski definition) is 4. The molecule has 0 heterocycles. The van der Waals surface area contributed by atoms with E-state index in [9.17, 15) is 9.59 Å². The standard InChI is InChI=1S/C14H15Cl2NO4/c1-3-20-13(18)6-9(2)17-14(19)21-8-10-4-5-11(15)12(16)7-10/h4-5,7H,3,6,8H2,1-2H3. The summed E-state index contributed by atoms with van der Waals surface area (Å²) in [5.41, 5.74) is 1.02. The molecule has 5 nitrogen and oxygen atoms in total. The van der Waals surface area contributed by atoms with Crippen LogP contribution in [-0.2, 0) is 20.9 Å². The Labute approximate surface area is 132 Å². The first-order valence-electron chi connectivity index (χ1n) is 6.22. The first kappa shape index (κ1) is 17.5. The first-order valence-corrected chi connectivity index (χ1v) is 6.98. The monoisotopic (exact) mass is 331 g/mol. The maximum atomic E-state index is 11.5. The summed E-state index contributed by atoms with van der Waals surface area (Å²) in [7, 11) is 0. The molecule has 0 atom stereocenters. The minimum absolute atomic E-state index is 0.0198. The van der Waals surface area contributed by atoms with Crippen molar-refractivity contribution in [1.82, 2.24) is 0 Å². The minimum atomic E-state index is -0.775. The zero-order valence-electron chi connectivity index (χ0n) is 11.7. The van der Waals surface area contributed by atoms with E-state index in [1.54, 1.807) is 32.0 Å². The maximum absolute atomic E-state index is 11.5. The van der Waals surface area contributed by atoms with Crippen LogP contribution in [0.2, 0.25) is 10.0 Å². The van der Waals surface area contributed by atoms with Crippen LogP contribution in [0, 0.1) is 0 Å². The second kappa shape index (κ2) is 8.64. The molecule has 1 aromatic rings. The van der Waals surface area contributed by atoms with Gasteiger partial charge in [0.1, 0.15) is 6.61 Å². The smallest absolute Gasteiger partial charge is 0.433 e. The Morgan fingerprint density at radius 1 is 1.19 bits per heavy atom. The highest BCUT2D eigenvalue weighted by atomic mass is 35.5. The average Bonchev–Trinajstić information content (AvgIpc) is 2.40. The molecule has 0 radical (unpaired) electrons. The van der Waals surface area contributed by atoms with Crippen LogP contribution in [0.15, 0.2) is 23.2 Å². The molecule has 114 valence electrons. The number of nitrogens with zero attached hydrogens (tertiary/aromatic N) is 1. The molecule has 1 amide bonds. The van der Waals surface area contributed by atoms with Gasteiger partial charge in [-0.3, -0.25) is 4.79 Å². The quantitative estimate of drug-likeness (QED) is 0.603. The van der Waals surface area contributed by atoms with Crippen LogP contribution in [0.1, 0.15) is 25.8 Å². The van der Waals surface area contributed by atoms with E-state index in [0.717, 1.165) is 0 Å². The summed E-state index contributed by atoms with van der Waals surface area (Å²) in [5.74, 6) is -0.434. The van der Waals surface area contributed by atoms with Crippen molar-refractivity contribution in [1.29, 1.82) is 0 Å². The lowest BCUT2D eigenvalue weighted by atomic mass is 10.2. The van der Waals surface area contributed by atoms with Crippen molar-refractivity contribution in [3.8, 4) is 0 Å². The number of carbonyl (C=O) groups excluding carboxylic acids is 2. The van der Waals surface area contributed by atoms with E-state index in [1.165, 1.54) is 0 Å². The zero-order valence-corrected chi connectivity index (χ0v) is 13.2. The number of halogens is 2. The molecule has 0 unspecified atom stereocenters. The fraction of sp³-hybridized carbons (Fsp3) is 0.357. The van der Waals surface area contributed by atoms with Crippen molar-refractivity contribution < 1.29 is 19.1 Å². The van der Waals surface area contributed by atoms with Crippen LogP contribution in [0.4, 0.5) is 4.79 Å². The fourth-order valence-corrected chi connectivity index (χ4v) is 1.74. The Morgan fingerprint density at radius 3 is 2.52 bits per heavy atom. The summed E-state index contributed by atoms with van der Waals surface area (Å²) in [6.07, 6.45) is -0.821. The van der Waals surface area contributed by atoms with Crippen molar-refractivity contribution in [3.05, 3.63) is 33.8 Å². The van der Waals surface area contributed by atoms with Crippen LogP contribution < -0.4 is 0 Å². The van der Waals surface area contributed by atoms with E-state index >= 15 is 0 Å². The van der Waals surface area contributed by atoms with Crippen LogP contribution in [0.25, 0.3) is 0 Å². The lowest BCUT2D eigenvalue weighted by molar-refractivity contribution is -0.141. The lowest BCUT2D eigenvalue weighted by Crippen LogP contribution is -2.11. The van der Waals surface area contributed by atoms with Gasteiger partial charge in [0.15, 0.2) is 0 Å². The Morgan fingerprint density at radius 2 is 1.90 bits per heavy atom. The second-order valence-corrected chi connectivity index (χ2v) is 4.95. The molecule has 7 heteroatoms. The van der Waals surface area contributed by atoms with Gasteiger partial charge in [-0.1, -0.05) is 29.3 Å². The van der Waals surface area contributed by atoms with Crippen molar-refractivity contribution in [2.24, 2.45) is 4.99 Å². The summed E-state index contributed by atoms with van der Waals surface area (Å²) in [6, 6.07) is 4.91. The third-order valence-corrected chi connectivity index (χ3v) is 3.07. The van der Waals surface area contributed by atoms with Gasteiger partial charge in [0.2, 0.25) is 0 Å². The molecule has 0 saturated heterocycles. The number of benzene rings is 1. The first-order chi connectivity index (χ1) is 9.92. The third kappa shape index (κ3) is 6.60. The number of rotatable bonds is 5. The Bertz CT molecular complexity index is 558. The van der Waals surface area contributed by atoms with Crippen molar-refractivity contribution >= 4 is 41.0 Å². The Balaban J connectivity index is 2.49. The number of aliphatic imine (C=N–C) groups is 1. The molecule has 0 aliphatic heterocycles. The molecule has 0 bridgehead atoms. The van der Waals surface area contributed by atoms with E-state index in [0.29, 0.717) is 21.3 Å². The molecule has 0 aromatic heterocycles. The van der Waals surface area contributed by atoms with Crippen LogP contribution in [-0.4, -0.2) is 24.4 Å². The summed E-state index contributed by atoms with van der Waals surface area (Å²) < 4.78 is 9.70. The molecule has 0 aliphatic carbocycles. The molecule has 0 saturated carbocycles. The topological polar surface area (TPSA) is 65.0 Å². The van der Waals surface area contributed by atoms with Gasteiger partial charge in [-0.25, -0.2) is 4.79 Å². The van der Waals surface area contributed by atoms with E-state index in [1.807, 2.05) is 0 Å². The van der Waals surface area contributed by atoms with Gasteiger partial charge in [0.25, 0.3) is 0 Å². The predicted molar refractivity (Wildman–Crippen MR) is 81.0 cm³/mol. The van der Waals surface area contributed by atoms with Gasteiger partial charge in [-0.2, -0.15) is 4.99 Å². The lowest BCUT2D eigenvalue weighted by Gasteiger charge is -2.04. The molecular weight excluding hydrogens is 317 g/mol. The predicted octanol–water partition coefficient (Wildman–Crippen LogP) is 4.04. The van der Waals surface area contributed by atoms with E-state index in [2.05, 4.69) is 4.99 Å². The van der Waals surface area contributed by atoms with E-state index in [-0.39, 0.29) is 19.6 Å². The van der Waals surface area contributed by atoms with Gasteiger partial charge >= 0.3 is 12.1 Å². The van der Waals surface area contributed by atoms with Crippen LogP contribution in [0.3, 0.4) is 0 Å². The molecule has 1 aromatic carbocycles. The third-order valence-electron chi connectivity index (χ3n) is 2.33. The molecule has 0 fully saturated rings. The van der Waals surface area contributed by atoms with E-state index in [4.69, 9.17) is 32.7 Å². The Hall–Kier alpha value is -1.59. The SMILES string of the molecule is CCOC(=O)CC(C)=NC(=O)OCc1ccc(Cl)c(Cl)c1. The van der Waals surface area contributed by atoms with Gasteiger partial charge in [0.05, 0.1) is 23.1 Å². The summed E-state index contributed by atoms with van der Waals surface area (Å²) in [4.78, 5) is 26.3. The molecule has 0 spiro atoms. The van der Waals surface area contributed by atoms with Crippen LogP contribution >= 0.6 is 23.2 Å². The highest BCUT2D eigenvalue weighted by Gasteiger charge is 2.08. The van der Waals surface area contributed by atoms with Crippen LogP contribution in [0.5, 0.6) is 0 Å². The molecule has 1 rings (SSSR count). The summed E-state index contributed by atoms with van der Waals surface area (Å²) >= 11 is 11.6. The van der Waals surface area contributed by atoms with Gasteiger partial charge < -0.3 is 9.47 Å². The molecule has 0 aliphatic rings. The number of amides is 1. The van der Waals surface area contributed by atoms with Gasteiger partial charge in [-0.05, 0) is 31.5 Å². The number of carbonyl (C=O) groups is 2. The Kier molecular flexibility index (Phi) is 7.19. The highest BCUT2D eigenvalue weighted by Crippen LogP contribution is 2.22. The van der Waals surface area contributed by atoms with Gasteiger partial charge in [-0.15, -0.1) is 0 Å². The van der Waals surface area contributed by atoms with Crippen molar-refractivity contribution in [3.63, 3.8) is 0 Å². The largest absolute Gasteiger partial charge is 0.466 e. The van der Waals surface area contributed by atoms with Gasteiger partial charge in [0, 0.05) is 5.71 Å². The molecule has 0 N–H and O–H groups in total. The molecule has 21 heavy (non-hydrogen) atoms. The number of ether oxygens (including phenoxy) is 2. The van der Waals surface area contributed by atoms with Crippen molar-refractivity contribution in [2.75, 3.05) is 6.61 Å². The zero-order chi connectivity index (χ0) is 15.8. The summed E-state index contributed by atoms with van der Waals surface area (Å²) in [5, 5.41) is 0.808. The number of esters is 1. The highest BCUT2D eigenvalue weighted by molar-refractivity contribution is 6.42. The normalized spacial score (nSPS) is 11.1. The maximum Gasteiger partial charge on any atom is 0.433 e. The molecular formula is C14H15Cl2NO4. The fourth-order valence-electron chi connectivity index (χ4n) is 1.42. The van der Waals surface area contributed by atoms with Crippen molar-refractivity contribution in [2.45, 2.75) is 26.9 Å².